The van der Waals surface area contributed by atoms with E-state index in [0.29, 0.717) is 18.7 Å². The third kappa shape index (κ3) is 2.92. The molecule has 0 saturated heterocycles. The second-order valence-corrected chi connectivity index (χ2v) is 6.26. The summed E-state index contributed by atoms with van der Waals surface area (Å²) in [5.74, 6) is 0.987. The molecule has 25 heavy (non-hydrogen) atoms. The average molecular weight is 333 g/mol. The maximum absolute atomic E-state index is 12.2. The highest BCUT2D eigenvalue weighted by atomic mass is 16.1. The summed E-state index contributed by atoms with van der Waals surface area (Å²) in [6.45, 7) is 1.27. The van der Waals surface area contributed by atoms with Gasteiger partial charge in [-0.2, -0.15) is 0 Å². The fourth-order valence-electron chi connectivity index (χ4n) is 3.09. The number of aryl methyl sites for hydroxylation is 1. The van der Waals surface area contributed by atoms with Crippen LogP contribution in [-0.2, 0) is 20.1 Å². The van der Waals surface area contributed by atoms with Gasteiger partial charge >= 0.3 is 0 Å². The molecule has 0 aliphatic carbocycles. The van der Waals surface area contributed by atoms with Gasteiger partial charge in [0.15, 0.2) is 0 Å². The first-order valence-corrected chi connectivity index (χ1v) is 8.18. The van der Waals surface area contributed by atoms with Crippen LogP contribution in [0.25, 0.3) is 16.7 Å². The summed E-state index contributed by atoms with van der Waals surface area (Å²) >= 11 is 0. The Morgan fingerprint density at radius 3 is 2.68 bits per heavy atom. The molecule has 0 saturated carbocycles. The number of hydrogen-bond acceptors (Lipinski definition) is 4. The van der Waals surface area contributed by atoms with Crippen LogP contribution in [0.15, 0.2) is 59.5 Å². The molecule has 0 unspecified atom stereocenters. The minimum atomic E-state index is -0.0586. The number of pyridine rings is 1. The number of benzene rings is 1. The summed E-state index contributed by atoms with van der Waals surface area (Å²) in [6, 6.07) is 15.2. The van der Waals surface area contributed by atoms with Crippen LogP contribution in [0.3, 0.4) is 0 Å². The third-order valence-corrected chi connectivity index (χ3v) is 4.35. The Morgan fingerprint density at radius 2 is 1.84 bits per heavy atom. The smallest absolute Gasteiger partial charge is 0.258 e. The molecule has 0 atom stereocenters. The number of imidazole rings is 1. The van der Waals surface area contributed by atoms with Gasteiger partial charge in [0.25, 0.3) is 5.56 Å². The summed E-state index contributed by atoms with van der Waals surface area (Å²) in [4.78, 5) is 23.6. The SMILES string of the molecule is CN(Cc1cc(=O)n2ccccc2n1)Cc1nc2ccccc2n1C. The molecule has 4 aromatic rings. The maximum atomic E-state index is 12.2. The van der Waals surface area contributed by atoms with Crippen molar-refractivity contribution in [1.29, 1.82) is 0 Å². The van der Waals surface area contributed by atoms with Gasteiger partial charge in [0, 0.05) is 25.9 Å². The highest BCUT2D eigenvalue weighted by Gasteiger charge is 2.11. The van der Waals surface area contributed by atoms with Crippen LogP contribution in [0.4, 0.5) is 0 Å². The van der Waals surface area contributed by atoms with Crippen molar-refractivity contribution in [2.45, 2.75) is 13.1 Å². The molecule has 3 heterocycles. The van der Waals surface area contributed by atoms with E-state index >= 15 is 0 Å². The molecule has 3 aromatic heterocycles. The van der Waals surface area contributed by atoms with Gasteiger partial charge in [0.05, 0.1) is 23.3 Å². The van der Waals surface area contributed by atoms with Crippen molar-refractivity contribution < 1.29 is 0 Å². The van der Waals surface area contributed by atoms with Crippen LogP contribution in [0, 0.1) is 0 Å². The molecule has 6 heteroatoms. The molecule has 0 bridgehead atoms. The molecule has 0 aliphatic rings. The molecule has 6 nitrogen and oxygen atoms in total. The van der Waals surface area contributed by atoms with Crippen LogP contribution in [0.5, 0.6) is 0 Å². The zero-order valence-corrected chi connectivity index (χ0v) is 14.3. The molecule has 0 spiro atoms. The molecule has 0 aliphatic heterocycles. The summed E-state index contributed by atoms with van der Waals surface area (Å²) in [7, 11) is 4.03. The van der Waals surface area contributed by atoms with Crippen LogP contribution < -0.4 is 5.56 Å². The van der Waals surface area contributed by atoms with Gasteiger partial charge in [-0.1, -0.05) is 18.2 Å². The predicted octanol–water partition coefficient (Wildman–Crippen LogP) is 2.21. The summed E-state index contributed by atoms with van der Waals surface area (Å²) in [5, 5.41) is 0. The Morgan fingerprint density at radius 1 is 1.04 bits per heavy atom. The minimum absolute atomic E-state index is 0.0586. The van der Waals surface area contributed by atoms with E-state index in [-0.39, 0.29) is 5.56 Å². The predicted molar refractivity (Wildman–Crippen MR) is 97.3 cm³/mol. The van der Waals surface area contributed by atoms with Gasteiger partial charge in [0.2, 0.25) is 0 Å². The molecule has 0 amide bonds. The zero-order chi connectivity index (χ0) is 17.4. The lowest BCUT2D eigenvalue weighted by Gasteiger charge is -2.16. The van der Waals surface area contributed by atoms with E-state index in [0.717, 1.165) is 22.6 Å². The van der Waals surface area contributed by atoms with Crippen molar-refractivity contribution in [2.75, 3.05) is 7.05 Å². The van der Waals surface area contributed by atoms with E-state index in [1.807, 2.05) is 50.5 Å². The van der Waals surface area contributed by atoms with Crippen molar-refractivity contribution in [1.82, 2.24) is 23.8 Å². The first kappa shape index (κ1) is 15.5. The summed E-state index contributed by atoms with van der Waals surface area (Å²) in [6.07, 6.45) is 1.73. The lowest BCUT2D eigenvalue weighted by molar-refractivity contribution is 0.304. The van der Waals surface area contributed by atoms with Gasteiger partial charge in [-0.15, -0.1) is 0 Å². The molecular weight excluding hydrogens is 314 g/mol. The number of hydrogen-bond donors (Lipinski definition) is 0. The highest BCUT2D eigenvalue weighted by molar-refractivity contribution is 5.75. The number of rotatable bonds is 4. The second kappa shape index (κ2) is 6.14. The van der Waals surface area contributed by atoms with Crippen LogP contribution in [-0.4, -0.2) is 30.9 Å². The summed E-state index contributed by atoms with van der Waals surface area (Å²) in [5.41, 5.74) is 3.48. The second-order valence-electron chi connectivity index (χ2n) is 6.26. The number of nitrogens with zero attached hydrogens (tertiary/aromatic N) is 5. The van der Waals surface area contributed by atoms with Crippen molar-refractivity contribution in [3.8, 4) is 0 Å². The lowest BCUT2D eigenvalue weighted by Crippen LogP contribution is -2.23. The Balaban J connectivity index is 1.58. The Kier molecular flexibility index (Phi) is 3.82. The van der Waals surface area contributed by atoms with E-state index in [9.17, 15) is 4.79 Å². The zero-order valence-electron chi connectivity index (χ0n) is 14.3. The maximum Gasteiger partial charge on any atom is 0.258 e. The van der Waals surface area contributed by atoms with Crippen molar-refractivity contribution >= 4 is 16.7 Å². The molecule has 0 N–H and O–H groups in total. The van der Waals surface area contributed by atoms with Crippen molar-refractivity contribution in [2.24, 2.45) is 7.05 Å². The quantitative estimate of drug-likeness (QED) is 0.575. The topological polar surface area (TPSA) is 55.4 Å². The average Bonchev–Trinajstić information content (AvgIpc) is 2.91. The lowest BCUT2D eigenvalue weighted by atomic mass is 10.3. The molecule has 1 aromatic carbocycles. The van der Waals surface area contributed by atoms with E-state index in [4.69, 9.17) is 4.98 Å². The molecule has 0 radical (unpaired) electrons. The van der Waals surface area contributed by atoms with Gasteiger partial charge in [0.1, 0.15) is 11.5 Å². The monoisotopic (exact) mass is 333 g/mol. The van der Waals surface area contributed by atoms with Crippen LogP contribution in [0.2, 0.25) is 0 Å². The van der Waals surface area contributed by atoms with Crippen LogP contribution >= 0.6 is 0 Å². The normalized spacial score (nSPS) is 11.6. The number of fused-ring (bicyclic) bond motifs is 2. The Labute approximate surface area is 145 Å². The summed E-state index contributed by atoms with van der Waals surface area (Å²) < 4.78 is 3.66. The van der Waals surface area contributed by atoms with Crippen molar-refractivity contribution in [3.63, 3.8) is 0 Å². The van der Waals surface area contributed by atoms with E-state index in [2.05, 4.69) is 20.5 Å². The standard InChI is InChI=1S/C19H19N5O/c1-22(13-18-21-15-7-3-4-8-16(15)23(18)2)12-14-11-19(25)24-10-6-5-9-17(24)20-14/h3-11H,12-13H2,1-2H3. The number of aromatic nitrogens is 4. The Hall–Kier alpha value is -2.99. The first-order valence-electron chi connectivity index (χ1n) is 8.18. The Bertz CT molecular complexity index is 1110. The largest absolute Gasteiger partial charge is 0.330 e. The molecule has 4 rings (SSSR count). The highest BCUT2D eigenvalue weighted by Crippen LogP contribution is 2.15. The van der Waals surface area contributed by atoms with E-state index in [1.165, 1.54) is 0 Å². The van der Waals surface area contributed by atoms with Gasteiger partial charge in [-0.25, -0.2) is 9.97 Å². The third-order valence-electron chi connectivity index (χ3n) is 4.35. The minimum Gasteiger partial charge on any atom is -0.330 e. The number of para-hydroxylation sites is 2. The molecule has 126 valence electrons. The van der Waals surface area contributed by atoms with Crippen LogP contribution in [0.1, 0.15) is 11.5 Å². The first-order chi connectivity index (χ1) is 12.1. The molecule has 0 fully saturated rings. The van der Waals surface area contributed by atoms with E-state index in [1.54, 1.807) is 16.7 Å². The van der Waals surface area contributed by atoms with Crippen molar-refractivity contribution in [3.05, 3.63) is 76.6 Å². The van der Waals surface area contributed by atoms with Gasteiger partial charge in [-0.05, 0) is 31.3 Å². The fourth-order valence-corrected chi connectivity index (χ4v) is 3.09. The van der Waals surface area contributed by atoms with Gasteiger partial charge in [-0.3, -0.25) is 14.1 Å². The molecular formula is C19H19N5O. The fraction of sp³-hybridized carbons (Fsp3) is 0.211. The van der Waals surface area contributed by atoms with Gasteiger partial charge < -0.3 is 4.57 Å². The van der Waals surface area contributed by atoms with E-state index < -0.39 is 0 Å².